The number of benzene rings is 2. The second-order valence-electron chi connectivity index (χ2n) is 5.79. The van der Waals surface area contributed by atoms with E-state index in [4.69, 9.17) is 11.6 Å². The van der Waals surface area contributed by atoms with E-state index >= 15 is 0 Å². The van der Waals surface area contributed by atoms with Crippen LogP contribution < -0.4 is 10.6 Å². The van der Waals surface area contributed by atoms with Crippen LogP contribution in [0.4, 0.5) is 0 Å². The molecule has 0 aliphatic heterocycles. The van der Waals surface area contributed by atoms with E-state index in [9.17, 15) is 19.5 Å². The minimum absolute atomic E-state index is 0.153. The van der Waals surface area contributed by atoms with Gasteiger partial charge in [-0.2, -0.15) is 0 Å². The first-order valence-corrected chi connectivity index (χ1v) is 8.38. The van der Waals surface area contributed by atoms with E-state index in [2.05, 4.69) is 10.6 Å². The molecular weight excluding hydrogens is 356 g/mol. The van der Waals surface area contributed by atoms with Crippen molar-refractivity contribution < 1.29 is 19.5 Å². The number of carbonyl (C=O) groups excluding carboxylic acids is 2. The zero-order chi connectivity index (χ0) is 19.1. The van der Waals surface area contributed by atoms with E-state index < -0.39 is 29.9 Å². The van der Waals surface area contributed by atoms with Gasteiger partial charge < -0.3 is 15.7 Å². The fraction of sp³-hybridized carbons (Fsp3) is 0.211. The summed E-state index contributed by atoms with van der Waals surface area (Å²) in [4.78, 5) is 35.8. The molecule has 0 saturated heterocycles. The average Bonchev–Trinajstić information content (AvgIpc) is 2.62. The molecule has 2 unspecified atom stereocenters. The Morgan fingerprint density at radius 3 is 2.19 bits per heavy atom. The Balaban J connectivity index is 1.96. The average molecular weight is 375 g/mol. The van der Waals surface area contributed by atoms with Crippen molar-refractivity contribution in [2.24, 2.45) is 0 Å². The molecule has 7 heteroatoms. The number of carboxylic acid groups (broad SMARTS) is 1. The molecule has 2 atom stereocenters. The van der Waals surface area contributed by atoms with E-state index in [1.807, 2.05) is 6.07 Å². The van der Waals surface area contributed by atoms with Crippen LogP contribution in [-0.4, -0.2) is 35.0 Å². The summed E-state index contributed by atoms with van der Waals surface area (Å²) in [5.74, 6) is -2.16. The van der Waals surface area contributed by atoms with Gasteiger partial charge >= 0.3 is 5.97 Å². The topological polar surface area (TPSA) is 95.5 Å². The van der Waals surface area contributed by atoms with E-state index in [1.54, 1.807) is 36.4 Å². The van der Waals surface area contributed by atoms with Crippen LogP contribution in [-0.2, 0) is 16.0 Å². The normalized spacial score (nSPS) is 12.7. The van der Waals surface area contributed by atoms with E-state index in [1.165, 1.54) is 19.1 Å². The Hall–Kier alpha value is -2.86. The molecule has 0 bridgehead atoms. The number of hydrogen-bond donors (Lipinski definition) is 3. The highest BCUT2D eigenvalue weighted by Gasteiger charge is 2.24. The Labute approximate surface area is 156 Å². The van der Waals surface area contributed by atoms with Crippen molar-refractivity contribution in [2.45, 2.75) is 25.4 Å². The largest absolute Gasteiger partial charge is 0.480 e. The predicted octanol–water partition coefficient (Wildman–Crippen LogP) is 2.27. The molecule has 26 heavy (non-hydrogen) atoms. The summed E-state index contributed by atoms with van der Waals surface area (Å²) in [6.45, 7) is 1.49. The van der Waals surface area contributed by atoms with Crippen molar-refractivity contribution in [1.29, 1.82) is 0 Å². The number of carboxylic acids is 1. The first kappa shape index (κ1) is 19.5. The Bertz CT molecular complexity index is 778. The van der Waals surface area contributed by atoms with Crippen LogP contribution in [0.1, 0.15) is 22.8 Å². The predicted molar refractivity (Wildman–Crippen MR) is 98.1 cm³/mol. The van der Waals surface area contributed by atoms with Crippen LogP contribution in [0.2, 0.25) is 5.02 Å². The second kappa shape index (κ2) is 9.01. The Kier molecular flexibility index (Phi) is 6.74. The van der Waals surface area contributed by atoms with Crippen LogP contribution in [0.15, 0.2) is 54.6 Å². The monoisotopic (exact) mass is 374 g/mol. The highest BCUT2D eigenvalue weighted by molar-refractivity contribution is 6.30. The third-order valence-electron chi connectivity index (χ3n) is 3.74. The van der Waals surface area contributed by atoms with Crippen molar-refractivity contribution in [2.75, 3.05) is 0 Å². The molecule has 0 radical (unpaired) electrons. The SMILES string of the molecule is CC(NC(=O)c1ccc(Cl)cc1)C(=O)NC(Cc1ccccc1)C(=O)O. The van der Waals surface area contributed by atoms with Gasteiger partial charge in [-0.25, -0.2) is 4.79 Å². The maximum Gasteiger partial charge on any atom is 0.326 e. The summed E-state index contributed by atoms with van der Waals surface area (Å²) in [6.07, 6.45) is 0.153. The smallest absolute Gasteiger partial charge is 0.326 e. The highest BCUT2D eigenvalue weighted by Crippen LogP contribution is 2.09. The molecule has 136 valence electrons. The molecule has 0 aliphatic rings. The van der Waals surface area contributed by atoms with Crippen LogP contribution in [0.3, 0.4) is 0 Å². The van der Waals surface area contributed by atoms with Gasteiger partial charge in [0.15, 0.2) is 0 Å². The van der Waals surface area contributed by atoms with Gasteiger partial charge in [0.25, 0.3) is 5.91 Å². The summed E-state index contributed by atoms with van der Waals surface area (Å²) in [7, 11) is 0. The molecule has 2 aromatic carbocycles. The number of aliphatic carboxylic acids is 1. The molecule has 0 saturated carbocycles. The standard InChI is InChI=1S/C19H19ClN2O4/c1-12(21-18(24)14-7-9-15(20)10-8-14)17(23)22-16(19(25)26)11-13-5-3-2-4-6-13/h2-10,12,16H,11H2,1H3,(H,21,24)(H,22,23)(H,25,26). The Morgan fingerprint density at radius 1 is 1.00 bits per heavy atom. The highest BCUT2D eigenvalue weighted by atomic mass is 35.5. The number of nitrogens with one attached hydrogen (secondary N) is 2. The lowest BCUT2D eigenvalue weighted by atomic mass is 10.1. The molecule has 0 aromatic heterocycles. The van der Waals surface area contributed by atoms with Gasteiger partial charge in [-0.15, -0.1) is 0 Å². The summed E-state index contributed by atoms with van der Waals surface area (Å²) < 4.78 is 0. The summed E-state index contributed by atoms with van der Waals surface area (Å²) in [5.41, 5.74) is 1.14. The summed E-state index contributed by atoms with van der Waals surface area (Å²) >= 11 is 5.77. The number of amides is 2. The van der Waals surface area contributed by atoms with Gasteiger partial charge in [0.1, 0.15) is 12.1 Å². The van der Waals surface area contributed by atoms with Gasteiger partial charge in [-0.1, -0.05) is 41.9 Å². The first-order chi connectivity index (χ1) is 12.4. The molecule has 3 N–H and O–H groups in total. The quantitative estimate of drug-likeness (QED) is 0.692. The van der Waals surface area contributed by atoms with Gasteiger partial charge in [0.2, 0.25) is 5.91 Å². The zero-order valence-corrected chi connectivity index (χ0v) is 14.9. The van der Waals surface area contributed by atoms with Crippen molar-refractivity contribution in [1.82, 2.24) is 10.6 Å². The van der Waals surface area contributed by atoms with E-state index in [0.29, 0.717) is 10.6 Å². The molecule has 2 aromatic rings. The minimum atomic E-state index is -1.14. The number of hydrogen-bond acceptors (Lipinski definition) is 3. The van der Waals surface area contributed by atoms with E-state index in [0.717, 1.165) is 5.56 Å². The van der Waals surface area contributed by atoms with Gasteiger partial charge in [-0.05, 0) is 36.8 Å². The third-order valence-corrected chi connectivity index (χ3v) is 4.00. The molecule has 0 fully saturated rings. The van der Waals surface area contributed by atoms with Gasteiger partial charge in [0.05, 0.1) is 0 Å². The molecule has 0 heterocycles. The van der Waals surface area contributed by atoms with Gasteiger partial charge in [-0.3, -0.25) is 9.59 Å². The lowest BCUT2D eigenvalue weighted by Gasteiger charge is -2.19. The first-order valence-electron chi connectivity index (χ1n) is 8.00. The molecule has 0 aliphatic carbocycles. The number of carbonyl (C=O) groups is 3. The number of halogens is 1. The van der Waals surface area contributed by atoms with Crippen LogP contribution >= 0.6 is 11.6 Å². The van der Waals surface area contributed by atoms with Crippen molar-refractivity contribution in [3.8, 4) is 0 Å². The second-order valence-corrected chi connectivity index (χ2v) is 6.23. The molecule has 2 amide bonds. The third kappa shape index (κ3) is 5.60. The fourth-order valence-electron chi connectivity index (χ4n) is 2.29. The van der Waals surface area contributed by atoms with Crippen molar-refractivity contribution in [3.63, 3.8) is 0 Å². The van der Waals surface area contributed by atoms with Crippen molar-refractivity contribution >= 4 is 29.4 Å². The van der Waals surface area contributed by atoms with Crippen molar-refractivity contribution in [3.05, 3.63) is 70.7 Å². The van der Waals surface area contributed by atoms with Gasteiger partial charge in [0, 0.05) is 17.0 Å². The van der Waals surface area contributed by atoms with E-state index in [-0.39, 0.29) is 6.42 Å². The van der Waals surface area contributed by atoms with Crippen LogP contribution in [0.5, 0.6) is 0 Å². The van der Waals surface area contributed by atoms with Crippen LogP contribution in [0, 0.1) is 0 Å². The maximum absolute atomic E-state index is 12.3. The lowest BCUT2D eigenvalue weighted by molar-refractivity contribution is -0.142. The lowest BCUT2D eigenvalue weighted by Crippen LogP contribution is -2.51. The molecule has 0 spiro atoms. The fourth-order valence-corrected chi connectivity index (χ4v) is 2.42. The number of rotatable bonds is 7. The zero-order valence-electron chi connectivity index (χ0n) is 14.1. The molecule has 6 nitrogen and oxygen atoms in total. The molecular formula is C19H19ClN2O4. The summed E-state index contributed by atoms with van der Waals surface area (Å²) in [6, 6.07) is 13.2. The molecule has 2 rings (SSSR count). The summed E-state index contributed by atoms with van der Waals surface area (Å²) in [5, 5.41) is 14.8. The maximum atomic E-state index is 12.3. The van der Waals surface area contributed by atoms with Crippen LogP contribution in [0.25, 0.3) is 0 Å². The minimum Gasteiger partial charge on any atom is -0.480 e. The Morgan fingerprint density at radius 2 is 1.62 bits per heavy atom.